The van der Waals surface area contributed by atoms with Crippen molar-refractivity contribution in [1.29, 1.82) is 0 Å². The number of benzene rings is 1. The van der Waals surface area contributed by atoms with Crippen LogP contribution in [0, 0.1) is 0 Å². The van der Waals surface area contributed by atoms with Crippen molar-refractivity contribution in [2.75, 3.05) is 33.3 Å². The summed E-state index contributed by atoms with van der Waals surface area (Å²) in [6, 6.07) is 7.68. The summed E-state index contributed by atoms with van der Waals surface area (Å²) in [5, 5.41) is 0. The van der Waals surface area contributed by atoms with E-state index in [2.05, 4.69) is 9.88 Å². The van der Waals surface area contributed by atoms with Crippen LogP contribution in [0.1, 0.15) is 11.8 Å². The van der Waals surface area contributed by atoms with Crippen LogP contribution in [-0.2, 0) is 11.3 Å². The Morgan fingerprint density at radius 2 is 1.88 bits per heavy atom. The van der Waals surface area contributed by atoms with Crippen LogP contribution < -0.4 is 9.61 Å². The van der Waals surface area contributed by atoms with E-state index in [0.717, 1.165) is 54.6 Å². The molecule has 2 heterocycles. The maximum absolute atomic E-state index is 11.9. The lowest BCUT2D eigenvalue weighted by Gasteiger charge is -2.34. The molecule has 0 bridgehead atoms. The molecule has 7 heteroatoms. The predicted octanol–water partition coefficient (Wildman–Crippen LogP) is 1.78. The Balaban J connectivity index is 1.75. The largest absolute Gasteiger partial charge is 0.497 e. The summed E-state index contributed by atoms with van der Waals surface area (Å²) in [5.41, 5.74) is 1.85. The Morgan fingerprint density at radius 3 is 2.46 bits per heavy atom. The van der Waals surface area contributed by atoms with E-state index in [0.29, 0.717) is 0 Å². The second kappa shape index (κ2) is 7.19. The van der Waals surface area contributed by atoms with E-state index in [4.69, 9.17) is 4.74 Å². The first-order valence-corrected chi connectivity index (χ1v) is 8.73. The number of H-pyrrole nitrogens is 1. The number of carbonyl (C=O) groups excluding carboxylic acids is 1. The molecular weight excluding hydrogens is 326 g/mol. The molecule has 1 saturated heterocycles. The van der Waals surface area contributed by atoms with Gasteiger partial charge >= 0.3 is 4.87 Å². The Labute approximate surface area is 144 Å². The number of methoxy groups -OCH3 is 1. The van der Waals surface area contributed by atoms with Crippen molar-refractivity contribution in [2.45, 2.75) is 13.5 Å². The van der Waals surface area contributed by atoms with Crippen molar-refractivity contribution in [2.24, 2.45) is 0 Å². The fraction of sp³-hybridized carbons (Fsp3) is 0.412. The van der Waals surface area contributed by atoms with E-state index in [1.807, 2.05) is 29.2 Å². The van der Waals surface area contributed by atoms with Gasteiger partial charge in [0.2, 0.25) is 5.91 Å². The second-order valence-corrected chi connectivity index (χ2v) is 6.89. The van der Waals surface area contributed by atoms with Crippen molar-refractivity contribution in [3.05, 3.63) is 38.8 Å². The molecule has 24 heavy (non-hydrogen) atoms. The molecule has 0 radical (unpaired) electrons. The summed E-state index contributed by atoms with van der Waals surface area (Å²) < 4.78 is 5.18. The standard InChI is InChI=1S/C17H21N3O3S/c1-12(21)20-9-7-19(8-10-20)11-15-16(18-17(22)24-15)13-3-5-14(23-2)6-4-13/h3-6H,7-11H2,1-2H3,(H,18,22). The highest BCUT2D eigenvalue weighted by molar-refractivity contribution is 7.09. The van der Waals surface area contributed by atoms with Crippen LogP contribution >= 0.6 is 11.3 Å². The zero-order valence-electron chi connectivity index (χ0n) is 13.9. The van der Waals surface area contributed by atoms with Crippen LogP contribution in [0.25, 0.3) is 11.3 Å². The molecule has 1 aromatic carbocycles. The summed E-state index contributed by atoms with van der Waals surface area (Å²) in [7, 11) is 1.63. The van der Waals surface area contributed by atoms with Gasteiger partial charge in [0, 0.05) is 44.5 Å². The molecule has 128 valence electrons. The molecule has 1 aliphatic rings. The summed E-state index contributed by atoms with van der Waals surface area (Å²) in [4.78, 5) is 31.3. The van der Waals surface area contributed by atoms with Gasteiger partial charge in [0.25, 0.3) is 0 Å². The quantitative estimate of drug-likeness (QED) is 0.916. The predicted molar refractivity (Wildman–Crippen MR) is 94.5 cm³/mol. The molecule has 0 saturated carbocycles. The number of ether oxygens (including phenoxy) is 1. The summed E-state index contributed by atoms with van der Waals surface area (Å²) in [5.74, 6) is 0.915. The van der Waals surface area contributed by atoms with Gasteiger partial charge in [0.1, 0.15) is 5.75 Å². The van der Waals surface area contributed by atoms with Gasteiger partial charge in [-0.05, 0) is 29.8 Å². The number of nitrogens with one attached hydrogen (secondary N) is 1. The highest BCUT2D eigenvalue weighted by atomic mass is 32.1. The Morgan fingerprint density at radius 1 is 1.21 bits per heavy atom. The van der Waals surface area contributed by atoms with Gasteiger partial charge < -0.3 is 14.6 Å². The summed E-state index contributed by atoms with van der Waals surface area (Å²) in [6.07, 6.45) is 0. The number of hydrogen-bond donors (Lipinski definition) is 1. The molecule has 1 aromatic heterocycles. The third kappa shape index (κ3) is 3.68. The van der Waals surface area contributed by atoms with Crippen LogP contribution in [0.15, 0.2) is 29.1 Å². The van der Waals surface area contributed by atoms with Crippen molar-refractivity contribution in [3.63, 3.8) is 0 Å². The van der Waals surface area contributed by atoms with Gasteiger partial charge in [0.15, 0.2) is 0 Å². The van der Waals surface area contributed by atoms with Crippen molar-refractivity contribution < 1.29 is 9.53 Å². The Bertz CT molecular complexity index is 758. The van der Waals surface area contributed by atoms with Crippen LogP contribution in [-0.4, -0.2) is 54.0 Å². The van der Waals surface area contributed by atoms with E-state index < -0.39 is 0 Å². The molecule has 0 spiro atoms. The second-order valence-electron chi connectivity index (χ2n) is 5.82. The lowest BCUT2D eigenvalue weighted by atomic mass is 10.1. The molecule has 2 aromatic rings. The third-order valence-corrected chi connectivity index (χ3v) is 5.15. The topological polar surface area (TPSA) is 65.6 Å². The molecule has 0 unspecified atom stereocenters. The molecule has 1 N–H and O–H groups in total. The fourth-order valence-electron chi connectivity index (χ4n) is 2.89. The molecule has 1 amide bonds. The van der Waals surface area contributed by atoms with E-state index in [9.17, 15) is 9.59 Å². The van der Waals surface area contributed by atoms with Crippen LogP contribution in [0.5, 0.6) is 5.75 Å². The molecule has 0 aliphatic carbocycles. The number of aromatic amines is 1. The van der Waals surface area contributed by atoms with Gasteiger partial charge in [-0.25, -0.2) is 0 Å². The lowest BCUT2D eigenvalue weighted by molar-refractivity contribution is -0.130. The minimum atomic E-state index is -0.0433. The number of thiazole rings is 1. The average Bonchev–Trinajstić information content (AvgIpc) is 2.96. The molecule has 1 fully saturated rings. The zero-order valence-corrected chi connectivity index (χ0v) is 14.7. The van der Waals surface area contributed by atoms with Gasteiger partial charge in [-0.3, -0.25) is 14.5 Å². The third-order valence-electron chi connectivity index (χ3n) is 4.29. The number of aromatic nitrogens is 1. The monoisotopic (exact) mass is 347 g/mol. The summed E-state index contributed by atoms with van der Waals surface area (Å²) >= 11 is 1.26. The number of nitrogens with zero attached hydrogens (tertiary/aromatic N) is 2. The minimum absolute atomic E-state index is 0.0433. The number of carbonyl (C=O) groups is 1. The SMILES string of the molecule is COc1ccc(-c2[nH]c(=O)sc2CN2CCN(C(C)=O)CC2)cc1. The molecule has 1 aliphatic heterocycles. The zero-order chi connectivity index (χ0) is 17.1. The van der Waals surface area contributed by atoms with Crippen molar-refractivity contribution >= 4 is 17.2 Å². The number of piperazine rings is 1. The lowest BCUT2D eigenvalue weighted by Crippen LogP contribution is -2.47. The maximum atomic E-state index is 11.9. The first-order chi connectivity index (χ1) is 11.6. The smallest absolute Gasteiger partial charge is 0.305 e. The van der Waals surface area contributed by atoms with E-state index in [1.54, 1.807) is 14.0 Å². The first-order valence-electron chi connectivity index (χ1n) is 7.91. The van der Waals surface area contributed by atoms with Gasteiger partial charge in [0.05, 0.1) is 12.8 Å². The summed E-state index contributed by atoms with van der Waals surface area (Å²) in [6.45, 7) is 5.46. The Hall–Kier alpha value is -2.12. The fourth-order valence-corrected chi connectivity index (χ4v) is 3.78. The highest BCUT2D eigenvalue weighted by Crippen LogP contribution is 2.26. The van der Waals surface area contributed by atoms with Gasteiger partial charge in [-0.2, -0.15) is 0 Å². The van der Waals surface area contributed by atoms with Gasteiger partial charge in [-0.1, -0.05) is 11.3 Å². The van der Waals surface area contributed by atoms with E-state index in [-0.39, 0.29) is 10.8 Å². The van der Waals surface area contributed by atoms with E-state index in [1.165, 1.54) is 11.3 Å². The Kier molecular flexibility index (Phi) is 5.01. The normalized spacial score (nSPS) is 15.5. The maximum Gasteiger partial charge on any atom is 0.305 e. The molecule has 0 atom stereocenters. The van der Waals surface area contributed by atoms with E-state index >= 15 is 0 Å². The number of amides is 1. The average molecular weight is 347 g/mol. The van der Waals surface area contributed by atoms with Crippen molar-refractivity contribution in [3.8, 4) is 17.0 Å². The number of rotatable bonds is 4. The van der Waals surface area contributed by atoms with Gasteiger partial charge in [-0.15, -0.1) is 0 Å². The number of hydrogen-bond acceptors (Lipinski definition) is 5. The molecular formula is C17H21N3O3S. The first kappa shape index (κ1) is 16.7. The minimum Gasteiger partial charge on any atom is -0.497 e. The molecule has 6 nitrogen and oxygen atoms in total. The van der Waals surface area contributed by atoms with Crippen LogP contribution in [0.3, 0.4) is 0 Å². The molecule has 3 rings (SSSR count). The van der Waals surface area contributed by atoms with Crippen LogP contribution in [0.2, 0.25) is 0 Å². The van der Waals surface area contributed by atoms with Crippen molar-refractivity contribution in [1.82, 2.24) is 14.8 Å². The highest BCUT2D eigenvalue weighted by Gasteiger charge is 2.21. The van der Waals surface area contributed by atoms with Crippen LogP contribution in [0.4, 0.5) is 0 Å².